The van der Waals surface area contributed by atoms with E-state index < -0.39 is 0 Å². The molecule has 0 aliphatic heterocycles. The molecule has 0 aliphatic rings. The van der Waals surface area contributed by atoms with Crippen molar-refractivity contribution in [2.45, 2.75) is 6.92 Å². The van der Waals surface area contributed by atoms with Crippen LogP contribution in [0.25, 0.3) is 10.9 Å². The molecule has 0 fully saturated rings. The first-order valence-corrected chi connectivity index (χ1v) is 8.03. The minimum absolute atomic E-state index is 0.362. The van der Waals surface area contributed by atoms with E-state index in [2.05, 4.69) is 20.2 Å². The van der Waals surface area contributed by atoms with Crippen molar-refractivity contribution in [3.8, 4) is 5.75 Å². The molecule has 6 heteroatoms. The molecule has 1 N–H and O–H groups in total. The highest BCUT2D eigenvalue weighted by molar-refractivity contribution is 5.93. The van der Waals surface area contributed by atoms with Gasteiger partial charge in [-0.3, -0.25) is 10.4 Å². The van der Waals surface area contributed by atoms with Gasteiger partial charge in [0.2, 0.25) is 0 Å². The fourth-order valence-corrected chi connectivity index (χ4v) is 2.56. The standard InChI is InChI=1S/C20H19N3O3/c1-13-10-19(17-11-16(25-2)8-9-18(17)22-13)23-21-12-14-4-6-15(7-5-14)20(24)26-3/h4-12H,1-3H3,(H,22,23). The third-order valence-corrected chi connectivity index (χ3v) is 3.87. The molecule has 1 aromatic heterocycles. The number of aryl methyl sites for hydroxylation is 1. The summed E-state index contributed by atoms with van der Waals surface area (Å²) in [6.07, 6.45) is 1.68. The van der Waals surface area contributed by atoms with Crippen LogP contribution in [0, 0.1) is 6.92 Å². The number of benzene rings is 2. The second kappa shape index (κ2) is 7.65. The first-order chi connectivity index (χ1) is 12.6. The predicted octanol–water partition coefficient (Wildman–Crippen LogP) is 3.78. The lowest BCUT2D eigenvalue weighted by atomic mass is 10.1. The van der Waals surface area contributed by atoms with Gasteiger partial charge in [-0.15, -0.1) is 0 Å². The number of pyridine rings is 1. The molecule has 0 amide bonds. The summed E-state index contributed by atoms with van der Waals surface area (Å²) in [6.45, 7) is 1.93. The number of ether oxygens (including phenoxy) is 2. The summed E-state index contributed by atoms with van der Waals surface area (Å²) in [6, 6.07) is 14.7. The van der Waals surface area contributed by atoms with Crippen molar-refractivity contribution in [2.24, 2.45) is 5.10 Å². The molecule has 0 atom stereocenters. The van der Waals surface area contributed by atoms with Crippen molar-refractivity contribution in [2.75, 3.05) is 19.6 Å². The highest BCUT2D eigenvalue weighted by Crippen LogP contribution is 2.27. The van der Waals surface area contributed by atoms with Gasteiger partial charge in [-0.2, -0.15) is 5.10 Å². The number of carbonyl (C=O) groups is 1. The Bertz CT molecular complexity index is 966. The zero-order chi connectivity index (χ0) is 18.5. The Morgan fingerprint density at radius 1 is 1.12 bits per heavy atom. The van der Waals surface area contributed by atoms with Crippen molar-refractivity contribution < 1.29 is 14.3 Å². The number of hydrazone groups is 1. The number of nitrogens with one attached hydrogen (secondary N) is 1. The maximum atomic E-state index is 11.4. The van der Waals surface area contributed by atoms with Crippen LogP contribution in [0.4, 0.5) is 5.69 Å². The second-order valence-corrected chi connectivity index (χ2v) is 5.68. The fraction of sp³-hybridized carbons (Fsp3) is 0.150. The van der Waals surface area contributed by atoms with Crippen LogP contribution in [-0.4, -0.2) is 31.4 Å². The molecule has 0 radical (unpaired) electrons. The number of anilines is 1. The van der Waals surface area contributed by atoms with Crippen LogP contribution in [0.2, 0.25) is 0 Å². The smallest absolute Gasteiger partial charge is 0.337 e. The molecule has 1 heterocycles. The Morgan fingerprint density at radius 2 is 1.88 bits per heavy atom. The van der Waals surface area contributed by atoms with Crippen LogP contribution >= 0.6 is 0 Å². The normalized spacial score (nSPS) is 10.9. The van der Waals surface area contributed by atoms with Gasteiger partial charge in [-0.05, 0) is 48.9 Å². The van der Waals surface area contributed by atoms with E-state index in [0.29, 0.717) is 5.56 Å². The van der Waals surface area contributed by atoms with Crippen LogP contribution in [0.1, 0.15) is 21.6 Å². The van der Waals surface area contributed by atoms with Gasteiger partial charge in [0, 0.05) is 11.1 Å². The number of hydrogen-bond donors (Lipinski definition) is 1. The quantitative estimate of drug-likeness (QED) is 0.431. The molecule has 0 bridgehead atoms. The maximum absolute atomic E-state index is 11.4. The largest absolute Gasteiger partial charge is 0.497 e. The number of rotatable bonds is 5. The van der Waals surface area contributed by atoms with Crippen molar-refractivity contribution in [1.29, 1.82) is 0 Å². The molecule has 3 rings (SSSR count). The van der Waals surface area contributed by atoms with E-state index in [1.54, 1.807) is 37.6 Å². The van der Waals surface area contributed by atoms with E-state index >= 15 is 0 Å². The molecule has 0 unspecified atom stereocenters. The van der Waals surface area contributed by atoms with Crippen LogP contribution in [0.3, 0.4) is 0 Å². The number of methoxy groups -OCH3 is 2. The molecular weight excluding hydrogens is 330 g/mol. The van der Waals surface area contributed by atoms with E-state index in [9.17, 15) is 4.79 Å². The SMILES string of the molecule is COC(=O)c1ccc(C=NNc2cc(C)nc3ccc(OC)cc23)cc1. The number of carbonyl (C=O) groups excluding carboxylic acids is 1. The molecule has 0 spiro atoms. The third-order valence-electron chi connectivity index (χ3n) is 3.87. The van der Waals surface area contributed by atoms with Crippen molar-refractivity contribution in [3.63, 3.8) is 0 Å². The molecular formula is C20H19N3O3. The van der Waals surface area contributed by atoms with Gasteiger partial charge in [0.15, 0.2) is 0 Å². The van der Waals surface area contributed by atoms with E-state index in [1.807, 2.05) is 31.2 Å². The number of fused-ring (bicyclic) bond motifs is 1. The van der Waals surface area contributed by atoms with E-state index in [-0.39, 0.29) is 5.97 Å². The lowest BCUT2D eigenvalue weighted by molar-refractivity contribution is 0.0600. The Balaban J connectivity index is 1.82. The molecule has 2 aromatic carbocycles. The average molecular weight is 349 g/mol. The second-order valence-electron chi connectivity index (χ2n) is 5.68. The predicted molar refractivity (Wildman–Crippen MR) is 102 cm³/mol. The molecule has 26 heavy (non-hydrogen) atoms. The van der Waals surface area contributed by atoms with Crippen molar-refractivity contribution in [1.82, 2.24) is 4.98 Å². The van der Waals surface area contributed by atoms with Gasteiger partial charge in [-0.1, -0.05) is 12.1 Å². The first-order valence-electron chi connectivity index (χ1n) is 8.03. The number of esters is 1. The zero-order valence-electron chi connectivity index (χ0n) is 14.8. The zero-order valence-corrected chi connectivity index (χ0v) is 14.8. The molecule has 0 saturated carbocycles. The van der Waals surface area contributed by atoms with Gasteiger partial charge in [0.25, 0.3) is 0 Å². The molecule has 132 valence electrons. The van der Waals surface area contributed by atoms with Gasteiger partial charge < -0.3 is 9.47 Å². The van der Waals surface area contributed by atoms with Crippen LogP contribution < -0.4 is 10.2 Å². The highest BCUT2D eigenvalue weighted by atomic mass is 16.5. The van der Waals surface area contributed by atoms with E-state index in [1.165, 1.54) is 7.11 Å². The topological polar surface area (TPSA) is 72.8 Å². The first kappa shape index (κ1) is 17.4. The fourth-order valence-electron chi connectivity index (χ4n) is 2.56. The van der Waals surface area contributed by atoms with E-state index in [4.69, 9.17) is 4.74 Å². The summed E-state index contributed by atoms with van der Waals surface area (Å²) in [7, 11) is 2.99. The average Bonchev–Trinajstić information content (AvgIpc) is 2.67. The molecule has 0 saturated heterocycles. The van der Waals surface area contributed by atoms with Gasteiger partial charge in [0.1, 0.15) is 5.75 Å². The summed E-state index contributed by atoms with van der Waals surface area (Å²) >= 11 is 0. The summed E-state index contributed by atoms with van der Waals surface area (Å²) in [5, 5.41) is 5.22. The lowest BCUT2D eigenvalue weighted by Crippen LogP contribution is -2.01. The van der Waals surface area contributed by atoms with Crippen molar-refractivity contribution >= 4 is 28.8 Å². The van der Waals surface area contributed by atoms with Gasteiger partial charge >= 0.3 is 5.97 Å². The minimum Gasteiger partial charge on any atom is -0.497 e. The molecule has 3 aromatic rings. The van der Waals surface area contributed by atoms with Crippen LogP contribution in [-0.2, 0) is 4.74 Å². The van der Waals surface area contributed by atoms with Gasteiger partial charge in [0.05, 0.1) is 37.2 Å². The Labute approximate surface area is 151 Å². The van der Waals surface area contributed by atoms with E-state index in [0.717, 1.165) is 33.6 Å². The molecule has 6 nitrogen and oxygen atoms in total. The number of aromatic nitrogens is 1. The maximum Gasteiger partial charge on any atom is 0.337 e. The van der Waals surface area contributed by atoms with Crippen LogP contribution in [0.5, 0.6) is 5.75 Å². The summed E-state index contributed by atoms with van der Waals surface area (Å²) in [4.78, 5) is 16.0. The monoisotopic (exact) mass is 349 g/mol. The van der Waals surface area contributed by atoms with Crippen molar-refractivity contribution in [3.05, 3.63) is 65.4 Å². The Hall–Kier alpha value is -3.41. The lowest BCUT2D eigenvalue weighted by Gasteiger charge is -2.09. The summed E-state index contributed by atoms with van der Waals surface area (Å²) in [5.74, 6) is 0.396. The van der Waals surface area contributed by atoms with Crippen LogP contribution in [0.15, 0.2) is 53.6 Å². The summed E-state index contributed by atoms with van der Waals surface area (Å²) in [5.41, 5.74) is 7.02. The Kier molecular flexibility index (Phi) is 5.12. The minimum atomic E-state index is -0.362. The third kappa shape index (κ3) is 3.80. The van der Waals surface area contributed by atoms with Gasteiger partial charge in [-0.25, -0.2) is 4.79 Å². The molecule has 0 aliphatic carbocycles. The Morgan fingerprint density at radius 3 is 2.58 bits per heavy atom. The highest BCUT2D eigenvalue weighted by Gasteiger charge is 2.06. The number of nitrogens with zero attached hydrogens (tertiary/aromatic N) is 2. The summed E-state index contributed by atoms with van der Waals surface area (Å²) < 4.78 is 9.97. The number of hydrogen-bond acceptors (Lipinski definition) is 6.